The number of carbonyl (C=O) groups is 1. The number of fused-ring (bicyclic) bond motifs is 1. The normalized spacial score (nSPS) is 11.8. The maximum atomic E-state index is 11.2. The van der Waals surface area contributed by atoms with E-state index in [0.717, 1.165) is 16.5 Å². The monoisotopic (exact) mass is 335 g/mol. The van der Waals surface area contributed by atoms with E-state index in [4.69, 9.17) is 9.25 Å². The molecule has 3 rings (SSSR count). The first kappa shape index (κ1) is 17.0. The lowest BCUT2D eigenvalue weighted by Gasteiger charge is -2.11. The maximum Gasteiger partial charge on any atom is 0.331 e. The van der Waals surface area contributed by atoms with Gasteiger partial charge in [0.15, 0.2) is 5.76 Å². The van der Waals surface area contributed by atoms with Crippen LogP contribution in [0.1, 0.15) is 34.9 Å². The minimum Gasteiger partial charge on any atom is -0.455 e. The molecule has 0 radical (unpaired) electrons. The Morgan fingerprint density at radius 2 is 1.76 bits per heavy atom. The van der Waals surface area contributed by atoms with Gasteiger partial charge in [0.05, 0.1) is 0 Å². The van der Waals surface area contributed by atoms with Crippen LogP contribution in [0.4, 0.5) is 0 Å². The van der Waals surface area contributed by atoms with Gasteiger partial charge in [-0.1, -0.05) is 41.1 Å². The summed E-state index contributed by atoms with van der Waals surface area (Å²) >= 11 is 0. The SMILES string of the molecule is CC(=O)O/N=C(\Cc1c(C)cc(C)cc1C)c1cc2ccccc2o1. The van der Waals surface area contributed by atoms with E-state index in [1.165, 1.54) is 23.6 Å². The van der Waals surface area contributed by atoms with E-state index in [1.54, 1.807) is 0 Å². The van der Waals surface area contributed by atoms with E-state index >= 15 is 0 Å². The molecule has 0 N–H and O–H groups in total. The van der Waals surface area contributed by atoms with Gasteiger partial charge in [0.2, 0.25) is 0 Å². The van der Waals surface area contributed by atoms with Crippen molar-refractivity contribution in [3.05, 3.63) is 70.5 Å². The van der Waals surface area contributed by atoms with E-state index in [9.17, 15) is 4.79 Å². The number of carbonyl (C=O) groups excluding carboxylic acids is 1. The number of aryl methyl sites for hydroxylation is 3. The molecule has 0 saturated carbocycles. The summed E-state index contributed by atoms with van der Waals surface area (Å²) < 4.78 is 5.92. The molecular weight excluding hydrogens is 314 g/mol. The standard InChI is InChI=1S/C21H21NO3/c1-13-9-14(2)18(15(3)10-13)12-19(22-25-16(4)23)21-11-17-7-5-6-8-20(17)24-21/h5-11H,12H2,1-4H3/b22-19+. The Morgan fingerprint density at radius 3 is 2.40 bits per heavy atom. The second-order valence-corrected chi connectivity index (χ2v) is 6.32. The van der Waals surface area contributed by atoms with Gasteiger partial charge < -0.3 is 9.25 Å². The second kappa shape index (κ2) is 6.93. The highest BCUT2D eigenvalue weighted by Gasteiger charge is 2.15. The first-order chi connectivity index (χ1) is 11.9. The van der Waals surface area contributed by atoms with Crippen LogP contribution in [0.5, 0.6) is 0 Å². The third kappa shape index (κ3) is 3.79. The van der Waals surface area contributed by atoms with Gasteiger partial charge in [-0.05, 0) is 49.6 Å². The van der Waals surface area contributed by atoms with Crippen molar-refractivity contribution < 1.29 is 14.0 Å². The quantitative estimate of drug-likeness (QED) is 0.388. The molecule has 25 heavy (non-hydrogen) atoms. The summed E-state index contributed by atoms with van der Waals surface area (Å²) in [5, 5.41) is 5.05. The van der Waals surface area contributed by atoms with E-state index in [1.807, 2.05) is 30.3 Å². The fourth-order valence-electron chi connectivity index (χ4n) is 3.06. The molecule has 0 fully saturated rings. The molecule has 4 heteroatoms. The lowest BCUT2D eigenvalue weighted by molar-refractivity contribution is -0.140. The number of furan rings is 1. The zero-order chi connectivity index (χ0) is 18.0. The lowest BCUT2D eigenvalue weighted by atomic mass is 9.95. The molecule has 1 aromatic heterocycles. The van der Waals surface area contributed by atoms with Crippen molar-refractivity contribution in [1.82, 2.24) is 0 Å². The van der Waals surface area contributed by atoms with Crippen LogP contribution in [0, 0.1) is 20.8 Å². The van der Waals surface area contributed by atoms with Gasteiger partial charge in [-0.3, -0.25) is 0 Å². The Morgan fingerprint density at radius 1 is 1.08 bits per heavy atom. The molecule has 4 nitrogen and oxygen atoms in total. The van der Waals surface area contributed by atoms with E-state index in [-0.39, 0.29) is 0 Å². The summed E-state index contributed by atoms with van der Waals surface area (Å²) in [6.45, 7) is 7.58. The average molecular weight is 335 g/mol. The van der Waals surface area contributed by atoms with Gasteiger partial charge in [0.25, 0.3) is 0 Å². The molecule has 0 amide bonds. The minimum atomic E-state index is -0.453. The van der Waals surface area contributed by atoms with Gasteiger partial charge in [-0.15, -0.1) is 0 Å². The second-order valence-electron chi connectivity index (χ2n) is 6.32. The van der Waals surface area contributed by atoms with Gasteiger partial charge in [0.1, 0.15) is 11.3 Å². The van der Waals surface area contributed by atoms with E-state index < -0.39 is 5.97 Å². The highest BCUT2D eigenvalue weighted by molar-refractivity contribution is 6.02. The predicted molar refractivity (Wildman–Crippen MR) is 98.9 cm³/mol. The summed E-state index contributed by atoms with van der Waals surface area (Å²) in [7, 11) is 0. The summed E-state index contributed by atoms with van der Waals surface area (Å²) in [5.41, 5.74) is 6.14. The zero-order valence-corrected chi connectivity index (χ0v) is 14.9. The molecule has 0 spiro atoms. The number of hydrogen-bond acceptors (Lipinski definition) is 4. The number of para-hydroxylation sites is 1. The molecular formula is C21H21NO3. The van der Waals surface area contributed by atoms with Crippen LogP contribution in [-0.2, 0) is 16.1 Å². The van der Waals surface area contributed by atoms with Gasteiger partial charge in [-0.2, -0.15) is 0 Å². The van der Waals surface area contributed by atoms with Crippen molar-refractivity contribution in [2.24, 2.45) is 5.16 Å². The van der Waals surface area contributed by atoms with Crippen LogP contribution in [0.2, 0.25) is 0 Å². The molecule has 0 aliphatic carbocycles. The fraction of sp³-hybridized carbons (Fsp3) is 0.238. The van der Waals surface area contributed by atoms with Gasteiger partial charge >= 0.3 is 5.97 Å². The Balaban J connectivity index is 2.04. The molecule has 2 aromatic carbocycles. The van der Waals surface area contributed by atoms with Crippen molar-refractivity contribution in [2.75, 3.05) is 0 Å². The van der Waals surface area contributed by atoms with Gasteiger partial charge in [-0.25, -0.2) is 4.79 Å². The van der Waals surface area contributed by atoms with Crippen LogP contribution >= 0.6 is 0 Å². The zero-order valence-electron chi connectivity index (χ0n) is 14.9. The van der Waals surface area contributed by atoms with Crippen LogP contribution in [0.25, 0.3) is 11.0 Å². The van der Waals surface area contributed by atoms with Gasteiger partial charge in [0, 0.05) is 18.7 Å². The Kier molecular flexibility index (Phi) is 4.70. The molecule has 0 aliphatic heterocycles. The first-order valence-electron chi connectivity index (χ1n) is 8.24. The maximum absolute atomic E-state index is 11.2. The third-order valence-electron chi connectivity index (χ3n) is 4.18. The summed E-state index contributed by atoms with van der Waals surface area (Å²) in [4.78, 5) is 16.1. The number of rotatable bonds is 4. The topological polar surface area (TPSA) is 51.8 Å². The Hall–Kier alpha value is -2.88. The highest BCUT2D eigenvalue weighted by Crippen LogP contribution is 2.23. The third-order valence-corrected chi connectivity index (χ3v) is 4.18. The van der Waals surface area contributed by atoms with Crippen LogP contribution < -0.4 is 0 Å². The Bertz CT molecular complexity index is 910. The fourth-order valence-corrected chi connectivity index (χ4v) is 3.06. The van der Waals surface area contributed by atoms with E-state index in [0.29, 0.717) is 17.9 Å². The smallest absolute Gasteiger partial charge is 0.331 e. The first-order valence-corrected chi connectivity index (χ1v) is 8.24. The number of benzene rings is 2. The van der Waals surface area contributed by atoms with Crippen LogP contribution in [0.3, 0.4) is 0 Å². The molecule has 3 aromatic rings. The molecule has 1 heterocycles. The van der Waals surface area contributed by atoms with E-state index in [2.05, 4.69) is 38.1 Å². The summed E-state index contributed by atoms with van der Waals surface area (Å²) in [6.07, 6.45) is 0.533. The van der Waals surface area contributed by atoms with Crippen LogP contribution in [-0.4, -0.2) is 11.7 Å². The molecule has 128 valence electrons. The summed E-state index contributed by atoms with van der Waals surface area (Å²) in [6, 6.07) is 14.0. The lowest BCUT2D eigenvalue weighted by Crippen LogP contribution is -2.09. The largest absolute Gasteiger partial charge is 0.455 e. The molecule has 0 atom stereocenters. The number of hydrogen-bond donors (Lipinski definition) is 0. The highest BCUT2D eigenvalue weighted by atomic mass is 16.7. The summed E-state index contributed by atoms with van der Waals surface area (Å²) in [5.74, 6) is 0.160. The number of nitrogens with zero attached hydrogens (tertiary/aromatic N) is 1. The van der Waals surface area contributed by atoms with Crippen LogP contribution in [0.15, 0.2) is 52.0 Å². The Labute approximate surface area is 147 Å². The minimum absolute atomic E-state index is 0.453. The van der Waals surface area contributed by atoms with Crippen molar-refractivity contribution >= 4 is 22.7 Å². The molecule has 0 aliphatic rings. The average Bonchev–Trinajstić information content (AvgIpc) is 2.97. The van der Waals surface area contributed by atoms with Crippen molar-refractivity contribution in [1.29, 1.82) is 0 Å². The molecule has 0 unspecified atom stereocenters. The van der Waals surface area contributed by atoms with Crippen molar-refractivity contribution in [3.63, 3.8) is 0 Å². The molecule has 0 bridgehead atoms. The number of oxime groups is 1. The molecule has 0 saturated heterocycles. The van der Waals surface area contributed by atoms with Crippen molar-refractivity contribution in [3.8, 4) is 0 Å². The predicted octanol–water partition coefficient (Wildman–Crippen LogP) is 4.87. The van der Waals surface area contributed by atoms with Crippen molar-refractivity contribution in [2.45, 2.75) is 34.1 Å².